The van der Waals surface area contributed by atoms with Gasteiger partial charge in [-0.15, -0.1) is 0 Å². The van der Waals surface area contributed by atoms with Crippen LogP contribution in [0.25, 0.3) is 0 Å². The first-order valence-electron chi connectivity index (χ1n) is 20.0. The fraction of sp³-hybridized carbons (Fsp3) is 0.756. The first-order chi connectivity index (χ1) is 24.7. The lowest BCUT2D eigenvalue weighted by atomic mass is 10.0. The van der Waals surface area contributed by atoms with Crippen LogP contribution in [0.15, 0.2) is 48.6 Å². The van der Waals surface area contributed by atoms with E-state index in [1.807, 2.05) is 18.2 Å². The number of aliphatic hydroxyl groups excluding tert-OH is 1. The molecule has 0 rings (SSSR count). The van der Waals surface area contributed by atoms with E-state index in [2.05, 4.69) is 48.8 Å². The highest BCUT2D eigenvalue weighted by atomic mass is 31.2. The Morgan fingerprint density at radius 1 is 0.588 bits per heavy atom. The van der Waals surface area contributed by atoms with Gasteiger partial charge in [0.2, 0.25) is 0 Å². The zero-order valence-electron chi connectivity index (χ0n) is 32.1. The summed E-state index contributed by atoms with van der Waals surface area (Å²) in [5, 5.41) is 9.70. The number of hydrogen-bond acceptors (Lipinski definition) is 7. The van der Waals surface area contributed by atoms with Crippen LogP contribution in [0.3, 0.4) is 0 Å². The maximum atomic E-state index is 12.4. The molecule has 0 aliphatic heterocycles. The molecule has 0 aliphatic rings. The number of phosphoric acid groups is 1. The lowest BCUT2D eigenvalue weighted by molar-refractivity contribution is -0.161. The summed E-state index contributed by atoms with van der Waals surface area (Å²) in [5.74, 6) is -0.969. The molecule has 0 radical (unpaired) electrons. The molecule has 1 unspecified atom stereocenters. The van der Waals surface area contributed by atoms with Crippen LogP contribution in [0, 0.1) is 0 Å². The number of allylic oxidation sites excluding steroid dienone is 7. The predicted molar refractivity (Wildman–Crippen MR) is 208 cm³/mol. The number of hydrogen-bond donors (Lipinski definition) is 3. The highest BCUT2D eigenvalue weighted by Gasteiger charge is 2.22. The van der Waals surface area contributed by atoms with Crippen LogP contribution >= 0.6 is 7.82 Å². The fourth-order valence-corrected chi connectivity index (χ4v) is 5.80. The molecule has 0 aliphatic carbocycles. The van der Waals surface area contributed by atoms with Crippen molar-refractivity contribution in [3.63, 3.8) is 0 Å². The molecule has 9 nitrogen and oxygen atoms in total. The Bertz CT molecular complexity index is 986. The summed E-state index contributed by atoms with van der Waals surface area (Å²) in [7, 11) is -4.77. The molecule has 10 heteroatoms. The van der Waals surface area contributed by atoms with Crippen LogP contribution in [-0.2, 0) is 28.2 Å². The molecule has 0 saturated heterocycles. The number of carbonyl (C=O) groups is 2. The second kappa shape index (κ2) is 36.3. The van der Waals surface area contributed by atoms with Gasteiger partial charge >= 0.3 is 19.8 Å². The number of aliphatic hydroxyl groups is 1. The normalized spacial score (nSPS) is 13.6. The molecule has 0 aromatic heterocycles. The molecule has 0 fully saturated rings. The van der Waals surface area contributed by atoms with Crippen molar-refractivity contribution in [3.8, 4) is 0 Å². The summed E-state index contributed by atoms with van der Waals surface area (Å²) in [5.41, 5.74) is 0. The van der Waals surface area contributed by atoms with Crippen LogP contribution in [0.2, 0.25) is 0 Å². The number of carbonyl (C=O) groups excluding carboxylic acids is 2. The number of unbranched alkanes of at least 4 members (excludes halogenated alkanes) is 15. The molecule has 0 spiro atoms. The maximum absolute atomic E-state index is 12.4. The Labute approximate surface area is 310 Å². The summed E-state index contributed by atoms with van der Waals surface area (Å²) < 4.78 is 26.3. The van der Waals surface area contributed by atoms with Crippen molar-refractivity contribution >= 4 is 19.8 Å². The van der Waals surface area contributed by atoms with E-state index in [-0.39, 0.29) is 25.6 Å². The minimum atomic E-state index is -4.77. The van der Waals surface area contributed by atoms with Crippen molar-refractivity contribution in [2.75, 3.05) is 13.2 Å². The molecular weight excluding hydrogens is 667 g/mol. The summed E-state index contributed by atoms with van der Waals surface area (Å²) in [4.78, 5) is 42.7. The lowest BCUT2D eigenvalue weighted by Crippen LogP contribution is -2.29. The van der Waals surface area contributed by atoms with E-state index in [9.17, 15) is 19.3 Å². The average molecular weight is 741 g/mol. The number of esters is 2. The molecule has 0 amide bonds. The van der Waals surface area contributed by atoms with E-state index >= 15 is 0 Å². The zero-order chi connectivity index (χ0) is 37.7. The Morgan fingerprint density at radius 2 is 1.06 bits per heavy atom. The average Bonchev–Trinajstić information content (AvgIpc) is 3.09. The maximum Gasteiger partial charge on any atom is 0.469 e. The summed E-state index contributed by atoms with van der Waals surface area (Å²) in [6, 6.07) is 0. The second-order valence-corrected chi connectivity index (χ2v) is 14.7. The number of rotatable bonds is 36. The van der Waals surface area contributed by atoms with E-state index in [0.717, 1.165) is 51.4 Å². The Morgan fingerprint density at radius 3 is 1.57 bits per heavy atom. The smallest absolute Gasteiger partial charge is 0.462 e. The van der Waals surface area contributed by atoms with Crippen molar-refractivity contribution in [1.82, 2.24) is 0 Å². The fourth-order valence-electron chi connectivity index (χ4n) is 5.44. The van der Waals surface area contributed by atoms with Crippen molar-refractivity contribution in [3.05, 3.63) is 48.6 Å². The molecule has 0 saturated carbocycles. The quantitative estimate of drug-likeness (QED) is 0.0248. The largest absolute Gasteiger partial charge is 0.469 e. The van der Waals surface area contributed by atoms with E-state index in [1.54, 1.807) is 0 Å². The highest BCUT2D eigenvalue weighted by Crippen LogP contribution is 2.36. The molecule has 0 aromatic carbocycles. The third-order valence-electron chi connectivity index (χ3n) is 8.41. The predicted octanol–water partition coefficient (Wildman–Crippen LogP) is 10.9. The second-order valence-electron chi connectivity index (χ2n) is 13.4. The van der Waals surface area contributed by atoms with Gasteiger partial charge < -0.3 is 24.4 Å². The van der Waals surface area contributed by atoms with Crippen LogP contribution in [-0.4, -0.2) is 52.3 Å². The molecular formula is C41H73O9P. The Balaban J connectivity index is 4.05. The van der Waals surface area contributed by atoms with Gasteiger partial charge in [0.25, 0.3) is 0 Å². The van der Waals surface area contributed by atoms with Gasteiger partial charge in [-0.1, -0.05) is 159 Å². The summed E-state index contributed by atoms with van der Waals surface area (Å²) in [6.45, 7) is 3.44. The van der Waals surface area contributed by atoms with Crippen molar-refractivity contribution in [2.24, 2.45) is 0 Å². The van der Waals surface area contributed by atoms with Crippen LogP contribution in [0.4, 0.5) is 0 Å². The first-order valence-corrected chi connectivity index (χ1v) is 21.5. The molecule has 0 heterocycles. The lowest BCUT2D eigenvalue weighted by Gasteiger charge is -2.18. The van der Waals surface area contributed by atoms with Gasteiger partial charge in [0.15, 0.2) is 6.10 Å². The van der Waals surface area contributed by atoms with Gasteiger partial charge in [-0.2, -0.15) is 0 Å². The summed E-state index contributed by atoms with van der Waals surface area (Å²) in [6.07, 6.45) is 40.4. The van der Waals surface area contributed by atoms with E-state index in [4.69, 9.17) is 19.3 Å². The van der Waals surface area contributed by atoms with Gasteiger partial charge in [-0.3, -0.25) is 14.1 Å². The van der Waals surface area contributed by atoms with Crippen LogP contribution in [0.5, 0.6) is 0 Å². The molecule has 0 aromatic rings. The third kappa shape index (κ3) is 39.0. The van der Waals surface area contributed by atoms with Crippen molar-refractivity contribution in [1.29, 1.82) is 0 Å². The highest BCUT2D eigenvalue weighted by molar-refractivity contribution is 7.46. The molecule has 2 atom stereocenters. The molecule has 51 heavy (non-hydrogen) atoms. The Hall–Kier alpha value is -2.03. The van der Waals surface area contributed by atoms with Gasteiger partial charge in [-0.25, -0.2) is 4.57 Å². The Kier molecular flexibility index (Phi) is 34.9. The van der Waals surface area contributed by atoms with Gasteiger partial charge in [0, 0.05) is 12.8 Å². The van der Waals surface area contributed by atoms with Crippen LogP contribution in [0.1, 0.15) is 174 Å². The van der Waals surface area contributed by atoms with Gasteiger partial charge in [-0.05, 0) is 51.4 Å². The van der Waals surface area contributed by atoms with Crippen molar-refractivity contribution < 1.29 is 43.0 Å². The number of phosphoric ester groups is 1. The minimum Gasteiger partial charge on any atom is -0.462 e. The van der Waals surface area contributed by atoms with Gasteiger partial charge in [0.05, 0.1) is 12.7 Å². The summed E-state index contributed by atoms with van der Waals surface area (Å²) >= 11 is 0. The first kappa shape index (κ1) is 49.0. The minimum absolute atomic E-state index is 0.177. The molecule has 0 bridgehead atoms. The third-order valence-corrected chi connectivity index (χ3v) is 8.89. The van der Waals surface area contributed by atoms with E-state index in [0.29, 0.717) is 25.7 Å². The SMILES string of the molecule is CCCCCCCCCCCCCCCCCC(=O)O[C@H](COC(=O)CCC/C=C\C/C=C\C/C=C\C/C=C\CC(O)CCC)COP(=O)(O)O. The topological polar surface area (TPSA) is 140 Å². The van der Waals surface area contributed by atoms with Crippen molar-refractivity contribution in [2.45, 2.75) is 187 Å². The van der Waals surface area contributed by atoms with E-state index in [1.165, 1.54) is 70.6 Å². The molecule has 3 N–H and O–H groups in total. The zero-order valence-corrected chi connectivity index (χ0v) is 33.0. The molecule has 296 valence electrons. The van der Waals surface area contributed by atoms with Gasteiger partial charge in [0.1, 0.15) is 6.61 Å². The van der Waals surface area contributed by atoms with E-state index < -0.39 is 32.5 Å². The number of ether oxygens (including phenoxy) is 2. The monoisotopic (exact) mass is 740 g/mol. The standard InChI is InChI=1S/C41H73O9P/c1-3-5-6-7-8-9-10-11-12-15-19-22-25-28-31-35-41(44)50-39(37-49-51(45,46)47)36-48-40(43)34-30-27-24-21-18-16-13-14-17-20-23-26-29-33-38(42)32-4-2/h13,16-17,20-21,24,26,29,38-39,42H,3-12,14-15,18-19,22-23,25,27-28,30-37H2,1-2H3,(H2,45,46,47)/b16-13-,20-17-,24-21-,29-26-/t38?,39-/m1/s1. The van der Waals surface area contributed by atoms with Crippen LogP contribution < -0.4 is 0 Å².